The van der Waals surface area contributed by atoms with Crippen molar-refractivity contribution in [1.29, 1.82) is 0 Å². The van der Waals surface area contributed by atoms with E-state index in [2.05, 4.69) is 89.0 Å². The van der Waals surface area contributed by atoms with Crippen molar-refractivity contribution >= 4 is 16.6 Å². The van der Waals surface area contributed by atoms with Gasteiger partial charge in [-0.05, 0) is 52.6 Å². The lowest BCUT2D eigenvalue weighted by Crippen LogP contribution is -2.00. The van der Waals surface area contributed by atoms with Gasteiger partial charge in [-0.15, -0.1) is 0 Å². The molecule has 0 unspecified atom stereocenters. The molecule has 0 fully saturated rings. The lowest BCUT2D eigenvalue weighted by Gasteiger charge is -2.16. The lowest BCUT2D eigenvalue weighted by molar-refractivity contribution is 0.0983. The van der Waals surface area contributed by atoms with Crippen LogP contribution < -0.4 is 0 Å². The van der Waals surface area contributed by atoms with Gasteiger partial charge in [-0.25, -0.2) is 4.98 Å². The second-order valence-corrected chi connectivity index (χ2v) is 8.39. The predicted molar refractivity (Wildman–Crippen MR) is 146 cm³/mol. The topological polar surface area (TPSA) is 47.8 Å². The normalized spacial score (nSPS) is 10.3. The molecule has 5 rings (SSSR count). The first-order valence-electron chi connectivity index (χ1n) is 12.0. The molecule has 0 N–H and O–H groups in total. The van der Waals surface area contributed by atoms with Gasteiger partial charge in [0.25, 0.3) is 0 Å². The van der Waals surface area contributed by atoms with Crippen LogP contribution in [0.25, 0.3) is 27.8 Å². The van der Waals surface area contributed by atoms with E-state index in [0.29, 0.717) is 25.2 Å². The van der Waals surface area contributed by atoms with Gasteiger partial charge in [0.1, 0.15) is 11.5 Å². The molecular formula is C31H32FN3O. The fraction of sp³-hybridized carbons (Fsp3) is 0.194. The number of rotatable bonds is 5. The van der Waals surface area contributed by atoms with Crippen LogP contribution in [0.3, 0.4) is 0 Å². The molecule has 0 saturated heterocycles. The summed E-state index contributed by atoms with van der Waals surface area (Å²) in [6.45, 7) is 6.31. The maximum Gasteiger partial charge on any atom is 0.180 e. The minimum Gasteiger partial charge on any atom is -0.300 e. The van der Waals surface area contributed by atoms with Gasteiger partial charge in [0.2, 0.25) is 0 Å². The molecule has 36 heavy (non-hydrogen) atoms. The van der Waals surface area contributed by atoms with Gasteiger partial charge in [-0.2, -0.15) is 0 Å². The molecule has 2 heterocycles. The molecule has 184 valence electrons. The monoisotopic (exact) mass is 481 g/mol. The third-order valence-corrected chi connectivity index (χ3v) is 5.73. The number of pyridine rings is 1. The number of halogens is 1. The second kappa shape index (κ2) is 13.1. The Morgan fingerprint density at radius 1 is 0.833 bits per heavy atom. The number of carbonyl (C=O) groups is 1. The molecule has 5 aromatic rings. The number of ketones is 1. The van der Waals surface area contributed by atoms with Crippen molar-refractivity contribution in [3.05, 3.63) is 115 Å². The van der Waals surface area contributed by atoms with E-state index in [1.807, 2.05) is 31.5 Å². The van der Waals surface area contributed by atoms with Crippen molar-refractivity contribution in [2.45, 2.75) is 33.1 Å². The van der Waals surface area contributed by atoms with Gasteiger partial charge in [0.05, 0.1) is 7.18 Å². The zero-order valence-electron chi connectivity index (χ0n) is 21.2. The van der Waals surface area contributed by atoms with E-state index in [4.69, 9.17) is 0 Å². The molecule has 0 atom stereocenters. The van der Waals surface area contributed by atoms with E-state index in [1.165, 1.54) is 21.9 Å². The number of fused-ring (bicyclic) bond motifs is 1. The van der Waals surface area contributed by atoms with E-state index in [0.717, 1.165) is 11.5 Å². The van der Waals surface area contributed by atoms with Crippen LogP contribution in [0.1, 0.15) is 49.2 Å². The van der Waals surface area contributed by atoms with Crippen molar-refractivity contribution in [3.8, 4) is 17.1 Å². The van der Waals surface area contributed by atoms with Crippen LogP contribution in [0.5, 0.6) is 0 Å². The molecule has 4 nitrogen and oxygen atoms in total. The molecule has 0 aliphatic heterocycles. The highest BCUT2D eigenvalue weighted by atomic mass is 19.1. The molecule has 0 saturated carbocycles. The standard InChI is InChI=1S/C22H20N2.C8H9NO.CH3F/c1-16(2)20-14-17-8-6-7-9-18(17)15-21(20)22-23-12-13-24(22)19-10-4-3-5-11-19;1-2-8(10)7-5-3-4-6-9-7;1-2/h3-16H,1-2H3;3-6H,2H2,1H3;1H3. The molecule has 5 heteroatoms. The largest absolute Gasteiger partial charge is 0.300 e. The molecule has 2 aromatic heterocycles. The first kappa shape index (κ1) is 26.5. The Bertz CT molecular complexity index is 1380. The Morgan fingerprint density at radius 2 is 1.47 bits per heavy atom. The third-order valence-electron chi connectivity index (χ3n) is 5.73. The molecule has 3 aromatic carbocycles. The van der Waals surface area contributed by atoms with Crippen LogP contribution in [0.2, 0.25) is 0 Å². The van der Waals surface area contributed by atoms with E-state index in [9.17, 15) is 9.18 Å². The summed E-state index contributed by atoms with van der Waals surface area (Å²) in [4.78, 5) is 19.5. The average Bonchev–Trinajstić information content (AvgIpc) is 3.44. The van der Waals surface area contributed by atoms with Gasteiger partial charge in [-0.1, -0.05) is 75.4 Å². The Hall–Kier alpha value is -4.12. The maximum absolute atomic E-state index is 11.0. The summed E-state index contributed by atoms with van der Waals surface area (Å²) in [6.07, 6.45) is 6.06. The molecular weight excluding hydrogens is 449 g/mol. The van der Waals surface area contributed by atoms with E-state index in [-0.39, 0.29) is 5.78 Å². The second-order valence-electron chi connectivity index (χ2n) is 8.39. The molecule has 0 aliphatic carbocycles. The molecule has 0 radical (unpaired) electrons. The predicted octanol–water partition coefficient (Wildman–Crippen LogP) is 8.08. The maximum atomic E-state index is 11.0. The van der Waals surface area contributed by atoms with E-state index >= 15 is 0 Å². The van der Waals surface area contributed by atoms with E-state index in [1.54, 1.807) is 18.3 Å². The SMILES string of the molecule is CC(C)c1cc2ccccc2cc1-c1nccn1-c1ccccc1.CCC(=O)c1ccccn1.CF. The van der Waals surface area contributed by atoms with Crippen LogP contribution in [0, 0.1) is 0 Å². The van der Waals surface area contributed by atoms with Gasteiger partial charge in [-0.3, -0.25) is 18.7 Å². The summed E-state index contributed by atoms with van der Waals surface area (Å²) >= 11 is 0. The van der Waals surface area contributed by atoms with Crippen molar-refractivity contribution in [2.75, 3.05) is 7.18 Å². The van der Waals surface area contributed by atoms with Gasteiger partial charge < -0.3 is 0 Å². The van der Waals surface area contributed by atoms with Crippen LogP contribution in [-0.4, -0.2) is 27.5 Å². The third kappa shape index (κ3) is 6.30. The minimum atomic E-state index is 0.0978. The van der Waals surface area contributed by atoms with Crippen LogP contribution in [0.4, 0.5) is 4.39 Å². The highest BCUT2D eigenvalue weighted by molar-refractivity contribution is 5.93. The van der Waals surface area contributed by atoms with Crippen LogP contribution >= 0.6 is 0 Å². The summed E-state index contributed by atoms with van der Waals surface area (Å²) in [7, 11) is 0.500. The van der Waals surface area contributed by atoms with Crippen molar-refractivity contribution in [2.24, 2.45) is 0 Å². The smallest absolute Gasteiger partial charge is 0.180 e. The first-order chi connectivity index (χ1) is 17.6. The van der Waals surface area contributed by atoms with Crippen molar-refractivity contribution in [1.82, 2.24) is 14.5 Å². The minimum absolute atomic E-state index is 0.0978. The molecule has 0 bridgehead atoms. The van der Waals surface area contributed by atoms with Gasteiger partial charge in [0, 0.05) is 36.3 Å². The molecule has 0 amide bonds. The van der Waals surface area contributed by atoms with Crippen LogP contribution in [-0.2, 0) is 0 Å². The summed E-state index contributed by atoms with van der Waals surface area (Å²) in [5.74, 6) is 1.53. The zero-order chi connectivity index (χ0) is 25.9. The van der Waals surface area contributed by atoms with Crippen molar-refractivity contribution in [3.63, 3.8) is 0 Å². The highest BCUT2D eigenvalue weighted by Crippen LogP contribution is 2.33. The number of para-hydroxylation sites is 1. The quantitative estimate of drug-likeness (QED) is 0.238. The number of hydrogen-bond donors (Lipinski definition) is 0. The summed E-state index contributed by atoms with van der Waals surface area (Å²) in [5.41, 5.74) is 4.23. The Labute approximate surface area is 212 Å². The zero-order valence-corrected chi connectivity index (χ0v) is 21.2. The summed E-state index contributed by atoms with van der Waals surface area (Å²) in [6, 6.07) is 28.8. The first-order valence-corrected chi connectivity index (χ1v) is 12.0. The van der Waals surface area contributed by atoms with Crippen molar-refractivity contribution < 1.29 is 9.18 Å². The fourth-order valence-electron chi connectivity index (χ4n) is 3.94. The van der Waals surface area contributed by atoms with Gasteiger partial charge >= 0.3 is 0 Å². The fourth-order valence-corrected chi connectivity index (χ4v) is 3.94. The molecule has 0 spiro atoms. The van der Waals surface area contributed by atoms with Gasteiger partial charge in [0.15, 0.2) is 5.78 Å². The number of carbonyl (C=O) groups excluding carboxylic acids is 1. The number of benzene rings is 3. The summed E-state index contributed by atoms with van der Waals surface area (Å²) < 4.78 is 11.7. The number of Topliss-reactive ketones (excluding diaryl/α,β-unsaturated/α-hetero) is 1. The molecule has 0 aliphatic rings. The Morgan fingerprint density at radius 3 is 2.08 bits per heavy atom. The number of imidazole rings is 1. The highest BCUT2D eigenvalue weighted by Gasteiger charge is 2.15. The number of alkyl halides is 1. The van der Waals surface area contributed by atoms with Crippen LogP contribution in [0.15, 0.2) is 104 Å². The number of nitrogens with zero attached hydrogens (tertiary/aromatic N) is 3. The number of hydrogen-bond acceptors (Lipinski definition) is 3. The summed E-state index contributed by atoms with van der Waals surface area (Å²) in [5, 5.41) is 2.53. The average molecular weight is 482 g/mol. The van der Waals surface area contributed by atoms with E-state index < -0.39 is 0 Å². The Kier molecular flexibility index (Phi) is 9.64. The lowest BCUT2D eigenvalue weighted by atomic mass is 9.93. The number of aromatic nitrogens is 3. The Balaban J connectivity index is 0.000000253.